The van der Waals surface area contributed by atoms with E-state index in [9.17, 15) is 4.79 Å². The van der Waals surface area contributed by atoms with Gasteiger partial charge in [-0.05, 0) is 6.42 Å². The van der Waals surface area contributed by atoms with Gasteiger partial charge in [0.25, 0.3) is 0 Å². The van der Waals surface area contributed by atoms with Crippen LogP contribution in [0, 0.1) is 5.92 Å². The molecule has 0 amide bonds. The number of hydrogen-bond donors (Lipinski definition) is 1. The van der Waals surface area contributed by atoms with E-state index < -0.39 is 5.97 Å². The molecule has 56 valence electrons. The fraction of sp³-hybridized carbons (Fsp3) is 0.857. The number of carboxylic acids is 1. The Labute approximate surface area is 56.9 Å². The van der Waals surface area contributed by atoms with Crippen LogP contribution in [0.2, 0.25) is 0 Å². The fourth-order valence-corrected chi connectivity index (χ4v) is 0.556. The largest absolute Gasteiger partial charge is 0.481 e. The first-order valence-corrected chi connectivity index (χ1v) is 2.91. The minimum Gasteiger partial charge on any atom is -0.481 e. The van der Waals surface area contributed by atoms with Gasteiger partial charge in [0.1, 0.15) is 0 Å². The van der Waals surface area contributed by atoms with Crippen molar-refractivity contribution in [3.63, 3.8) is 0 Å². The Bertz CT molecular complexity index is 79.0. The van der Waals surface area contributed by atoms with Crippen molar-refractivity contribution >= 4 is 5.97 Å². The summed E-state index contributed by atoms with van der Waals surface area (Å²) >= 11 is 0. The maximum Gasteiger partial charge on any atom is 0.306 e. The Morgan fingerprint density at radius 1 is 1.67 bits per heavy atom. The molecular weight excluding hydrogens is 116 g/mol. The summed E-state index contributed by atoms with van der Waals surface area (Å²) in [6, 6.07) is 0. The van der Waals surface area contributed by atoms with E-state index in [1.165, 1.54) is 0 Å². The normalized spacial score (nSPS) is 11.8. The summed E-state index contributed by atoms with van der Waals surface area (Å²) in [5, 5.41) is 8.31. The van der Waals surface area contributed by atoms with E-state index in [2.05, 4.69) is 0 Å². The van der Waals surface area contributed by atoms with Crippen molar-refractivity contribution in [2.24, 2.45) is 5.92 Å². The van der Waals surface area contributed by atoms with Crippen molar-refractivity contribution in [3.8, 4) is 0 Å². The molecule has 0 bridgehead atoms. The molecule has 0 aliphatic heterocycles. The quantitative estimate of drug-likeness (QED) is 0.638. The van der Waals surface area contributed by atoms with Crippen molar-refractivity contribution in [2.75, 3.05) is 0 Å². The van der Waals surface area contributed by atoms with Crippen molar-refractivity contribution in [2.45, 2.75) is 34.1 Å². The summed E-state index contributed by atoms with van der Waals surface area (Å²) in [5.74, 6) is -0.855. The zero-order valence-electron chi connectivity index (χ0n) is 5.35. The molecular formula is C7H16O2. The minimum absolute atomic E-state index is 0. The van der Waals surface area contributed by atoms with Crippen molar-refractivity contribution < 1.29 is 9.90 Å². The lowest BCUT2D eigenvalue weighted by atomic mass is 10.1. The zero-order valence-corrected chi connectivity index (χ0v) is 5.35. The Balaban J connectivity index is 0. The summed E-state index contributed by atoms with van der Waals surface area (Å²) in [7, 11) is 0. The molecule has 0 aromatic heterocycles. The first-order valence-electron chi connectivity index (χ1n) is 2.91. The predicted octanol–water partition coefficient (Wildman–Crippen LogP) is 2.14. The first-order chi connectivity index (χ1) is 3.68. The molecule has 0 aliphatic carbocycles. The van der Waals surface area contributed by atoms with E-state index in [0.29, 0.717) is 0 Å². The second-order valence-electron chi connectivity index (χ2n) is 2.03. The van der Waals surface area contributed by atoms with Gasteiger partial charge in [-0.2, -0.15) is 0 Å². The van der Waals surface area contributed by atoms with Gasteiger partial charge in [0.05, 0.1) is 5.92 Å². The summed E-state index contributed by atoms with van der Waals surface area (Å²) in [4.78, 5) is 10.1. The molecule has 1 unspecified atom stereocenters. The van der Waals surface area contributed by atoms with E-state index in [0.717, 1.165) is 12.8 Å². The van der Waals surface area contributed by atoms with Gasteiger partial charge in [-0.25, -0.2) is 0 Å². The SMILES string of the molecule is C.CCCC(C)C(=O)O. The number of carbonyl (C=O) groups is 1. The van der Waals surface area contributed by atoms with Crippen molar-refractivity contribution in [3.05, 3.63) is 0 Å². The Kier molecular flexibility index (Phi) is 7.03. The molecule has 9 heavy (non-hydrogen) atoms. The molecule has 0 saturated carbocycles. The third-order valence-corrected chi connectivity index (χ3v) is 1.14. The molecule has 0 spiro atoms. The zero-order chi connectivity index (χ0) is 6.57. The monoisotopic (exact) mass is 132 g/mol. The summed E-state index contributed by atoms with van der Waals surface area (Å²) < 4.78 is 0. The van der Waals surface area contributed by atoms with Gasteiger partial charge in [0.15, 0.2) is 0 Å². The highest BCUT2D eigenvalue weighted by atomic mass is 16.4. The van der Waals surface area contributed by atoms with Gasteiger partial charge in [0.2, 0.25) is 0 Å². The number of hydrogen-bond acceptors (Lipinski definition) is 1. The van der Waals surface area contributed by atoms with Crippen LogP contribution < -0.4 is 0 Å². The highest BCUT2D eigenvalue weighted by Crippen LogP contribution is 2.03. The molecule has 2 nitrogen and oxygen atoms in total. The van der Waals surface area contributed by atoms with E-state index in [1.54, 1.807) is 6.92 Å². The van der Waals surface area contributed by atoms with Crippen LogP contribution in [-0.4, -0.2) is 11.1 Å². The molecule has 1 atom stereocenters. The molecule has 0 radical (unpaired) electrons. The lowest BCUT2D eigenvalue weighted by Crippen LogP contribution is -2.08. The molecule has 0 heterocycles. The van der Waals surface area contributed by atoms with E-state index in [-0.39, 0.29) is 13.3 Å². The number of aliphatic carboxylic acids is 1. The molecule has 0 aromatic rings. The lowest BCUT2D eigenvalue weighted by Gasteiger charge is -2.00. The number of carboxylic acid groups (broad SMARTS) is 1. The molecule has 2 heteroatoms. The summed E-state index contributed by atoms with van der Waals surface area (Å²) in [6.07, 6.45) is 1.74. The van der Waals surface area contributed by atoms with Crippen LogP contribution in [0.5, 0.6) is 0 Å². The molecule has 0 rings (SSSR count). The summed E-state index contributed by atoms with van der Waals surface area (Å²) in [5.41, 5.74) is 0. The standard InChI is InChI=1S/C6H12O2.CH4/c1-3-4-5(2)6(7)8;/h5H,3-4H2,1-2H3,(H,7,8);1H4. The van der Waals surface area contributed by atoms with Gasteiger partial charge in [-0.15, -0.1) is 0 Å². The topological polar surface area (TPSA) is 37.3 Å². The van der Waals surface area contributed by atoms with E-state index in [1.807, 2.05) is 6.92 Å². The van der Waals surface area contributed by atoms with Gasteiger partial charge in [-0.3, -0.25) is 4.79 Å². The Hall–Kier alpha value is -0.530. The Morgan fingerprint density at radius 3 is 2.22 bits per heavy atom. The Morgan fingerprint density at radius 2 is 2.11 bits per heavy atom. The highest BCUT2D eigenvalue weighted by Gasteiger charge is 2.07. The number of rotatable bonds is 3. The van der Waals surface area contributed by atoms with Crippen LogP contribution in [0.3, 0.4) is 0 Å². The third-order valence-electron chi connectivity index (χ3n) is 1.14. The minimum atomic E-state index is -0.688. The van der Waals surface area contributed by atoms with Crippen LogP contribution >= 0.6 is 0 Å². The average molecular weight is 132 g/mol. The molecule has 0 fully saturated rings. The fourth-order valence-electron chi connectivity index (χ4n) is 0.556. The van der Waals surface area contributed by atoms with Crippen LogP contribution in [0.4, 0.5) is 0 Å². The van der Waals surface area contributed by atoms with Crippen LogP contribution in [0.1, 0.15) is 34.1 Å². The van der Waals surface area contributed by atoms with Crippen LogP contribution in [0.25, 0.3) is 0 Å². The van der Waals surface area contributed by atoms with E-state index in [4.69, 9.17) is 5.11 Å². The molecule has 1 N–H and O–H groups in total. The second-order valence-corrected chi connectivity index (χ2v) is 2.03. The van der Waals surface area contributed by atoms with Gasteiger partial charge in [-0.1, -0.05) is 27.7 Å². The smallest absolute Gasteiger partial charge is 0.306 e. The highest BCUT2D eigenvalue weighted by molar-refractivity contribution is 5.69. The third kappa shape index (κ3) is 5.34. The van der Waals surface area contributed by atoms with E-state index >= 15 is 0 Å². The average Bonchev–Trinajstić information content (AvgIpc) is 1.67. The molecule has 0 aliphatic rings. The maximum absolute atomic E-state index is 10.1. The lowest BCUT2D eigenvalue weighted by molar-refractivity contribution is -0.141. The summed E-state index contributed by atoms with van der Waals surface area (Å²) in [6.45, 7) is 3.71. The predicted molar refractivity (Wildman–Crippen MR) is 38.4 cm³/mol. The van der Waals surface area contributed by atoms with Crippen LogP contribution in [-0.2, 0) is 4.79 Å². The van der Waals surface area contributed by atoms with Crippen molar-refractivity contribution in [1.82, 2.24) is 0 Å². The maximum atomic E-state index is 10.1. The molecule has 0 saturated heterocycles. The van der Waals surface area contributed by atoms with Gasteiger partial charge >= 0.3 is 5.97 Å². The van der Waals surface area contributed by atoms with Crippen molar-refractivity contribution in [1.29, 1.82) is 0 Å². The second kappa shape index (κ2) is 5.60. The molecule has 0 aromatic carbocycles. The van der Waals surface area contributed by atoms with Gasteiger partial charge in [0, 0.05) is 0 Å². The first kappa shape index (κ1) is 11.3. The van der Waals surface area contributed by atoms with Gasteiger partial charge < -0.3 is 5.11 Å². The van der Waals surface area contributed by atoms with Crippen LogP contribution in [0.15, 0.2) is 0 Å².